The number of aromatic nitrogens is 2. The first-order chi connectivity index (χ1) is 10.5. The van der Waals surface area contributed by atoms with Crippen LogP contribution in [0.4, 0.5) is 26.3 Å². The molecule has 0 aliphatic heterocycles. The normalized spacial score (nSPS) is 12.7. The van der Waals surface area contributed by atoms with Gasteiger partial charge in [0.2, 0.25) is 0 Å². The number of aryl methyl sites for hydroxylation is 1. The summed E-state index contributed by atoms with van der Waals surface area (Å²) in [6.07, 6.45) is -8.89. The first-order valence-electron chi connectivity index (χ1n) is 6.08. The third kappa shape index (κ3) is 4.66. The fraction of sp³-hybridized carbons (Fsp3) is 0.308. The minimum Gasteiger partial charge on any atom is -0.263 e. The van der Waals surface area contributed by atoms with Crippen LogP contribution in [0.3, 0.4) is 0 Å². The van der Waals surface area contributed by atoms with Gasteiger partial charge in [-0.25, -0.2) is 0 Å². The van der Waals surface area contributed by atoms with E-state index in [1.807, 2.05) is 0 Å². The lowest BCUT2D eigenvalue weighted by atomic mass is 10.1. The average Bonchev–Trinajstić information content (AvgIpc) is 2.79. The van der Waals surface area contributed by atoms with E-state index in [1.54, 1.807) is 0 Å². The van der Waals surface area contributed by atoms with Crippen molar-refractivity contribution in [1.29, 1.82) is 0 Å². The molecular formula is C13H9BrF6N2S. The lowest BCUT2D eigenvalue weighted by Gasteiger charge is -2.08. The SMILES string of the molecule is Cn1nc(-c2ccc(Br)c(SCC(F)(F)F)c2)cc1C(F)(F)F. The molecule has 10 heteroatoms. The molecule has 1 aromatic heterocycles. The van der Waals surface area contributed by atoms with Crippen molar-refractivity contribution < 1.29 is 26.3 Å². The molecule has 0 radical (unpaired) electrons. The zero-order chi connectivity index (χ0) is 17.4. The van der Waals surface area contributed by atoms with Gasteiger partial charge in [-0.15, -0.1) is 11.8 Å². The Bertz CT molecular complexity index is 707. The number of alkyl halides is 6. The summed E-state index contributed by atoms with van der Waals surface area (Å²) in [5, 5.41) is 3.78. The highest BCUT2D eigenvalue weighted by atomic mass is 79.9. The van der Waals surface area contributed by atoms with Crippen molar-refractivity contribution in [2.24, 2.45) is 7.05 Å². The van der Waals surface area contributed by atoms with Gasteiger partial charge in [-0.3, -0.25) is 4.68 Å². The summed E-state index contributed by atoms with van der Waals surface area (Å²) in [7, 11) is 1.16. The maximum absolute atomic E-state index is 12.8. The van der Waals surface area contributed by atoms with E-state index in [0.717, 1.165) is 13.1 Å². The summed E-state index contributed by atoms with van der Waals surface area (Å²) in [4.78, 5) is 0.277. The summed E-state index contributed by atoms with van der Waals surface area (Å²) in [6.45, 7) is 0. The Hall–Kier alpha value is -1.16. The maximum atomic E-state index is 12.8. The quantitative estimate of drug-likeness (QED) is 0.482. The van der Waals surface area contributed by atoms with Crippen molar-refractivity contribution in [3.63, 3.8) is 0 Å². The maximum Gasteiger partial charge on any atom is 0.433 e. The molecule has 0 bridgehead atoms. The van der Waals surface area contributed by atoms with E-state index in [-0.39, 0.29) is 10.6 Å². The van der Waals surface area contributed by atoms with Crippen LogP contribution in [0.2, 0.25) is 0 Å². The second-order valence-corrected chi connectivity index (χ2v) is 6.46. The number of halogens is 7. The molecule has 23 heavy (non-hydrogen) atoms. The molecule has 0 atom stereocenters. The molecule has 0 saturated heterocycles. The average molecular weight is 419 g/mol. The highest BCUT2D eigenvalue weighted by molar-refractivity contribution is 9.10. The molecule has 2 aromatic rings. The van der Waals surface area contributed by atoms with Gasteiger partial charge in [0.1, 0.15) is 5.69 Å². The van der Waals surface area contributed by atoms with Crippen molar-refractivity contribution in [3.05, 3.63) is 34.4 Å². The minimum atomic E-state index is -4.55. The molecule has 0 aliphatic rings. The van der Waals surface area contributed by atoms with Crippen molar-refractivity contribution in [2.45, 2.75) is 17.2 Å². The van der Waals surface area contributed by atoms with Crippen LogP contribution in [-0.4, -0.2) is 21.7 Å². The predicted molar refractivity (Wildman–Crippen MR) is 78.1 cm³/mol. The predicted octanol–water partition coefficient (Wildman–Crippen LogP) is 5.52. The molecule has 1 aromatic carbocycles. The summed E-state index contributed by atoms with van der Waals surface area (Å²) < 4.78 is 76.4. The van der Waals surface area contributed by atoms with Crippen LogP contribution in [0, 0.1) is 0 Å². The van der Waals surface area contributed by atoms with E-state index < -0.39 is 23.8 Å². The van der Waals surface area contributed by atoms with E-state index in [4.69, 9.17) is 0 Å². The van der Waals surface area contributed by atoms with Crippen molar-refractivity contribution in [3.8, 4) is 11.3 Å². The molecule has 0 fully saturated rings. The topological polar surface area (TPSA) is 17.8 Å². The zero-order valence-corrected chi connectivity index (χ0v) is 13.9. The van der Waals surface area contributed by atoms with Crippen LogP contribution in [0.25, 0.3) is 11.3 Å². The zero-order valence-electron chi connectivity index (χ0n) is 11.5. The lowest BCUT2D eigenvalue weighted by Crippen LogP contribution is -2.11. The molecule has 0 amide bonds. The molecular weight excluding hydrogens is 410 g/mol. The lowest BCUT2D eigenvalue weighted by molar-refractivity contribution is -0.143. The van der Waals surface area contributed by atoms with E-state index >= 15 is 0 Å². The molecule has 0 saturated carbocycles. The fourth-order valence-electron chi connectivity index (χ4n) is 1.81. The van der Waals surface area contributed by atoms with Crippen molar-refractivity contribution >= 4 is 27.7 Å². The third-order valence-corrected chi connectivity index (χ3v) is 4.86. The van der Waals surface area contributed by atoms with Gasteiger partial charge in [0.15, 0.2) is 0 Å². The largest absolute Gasteiger partial charge is 0.433 e. The van der Waals surface area contributed by atoms with E-state index in [2.05, 4.69) is 21.0 Å². The second kappa shape index (κ2) is 6.39. The van der Waals surface area contributed by atoms with E-state index in [9.17, 15) is 26.3 Å². The molecule has 0 spiro atoms. The highest BCUT2D eigenvalue weighted by Crippen LogP contribution is 2.36. The van der Waals surface area contributed by atoms with Gasteiger partial charge in [0.25, 0.3) is 0 Å². The Morgan fingerprint density at radius 2 is 1.78 bits per heavy atom. The highest BCUT2D eigenvalue weighted by Gasteiger charge is 2.35. The minimum absolute atomic E-state index is 0.0428. The van der Waals surface area contributed by atoms with Gasteiger partial charge < -0.3 is 0 Å². The van der Waals surface area contributed by atoms with Crippen molar-refractivity contribution in [2.75, 3.05) is 5.75 Å². The van der Waals surface area contributed by atoms with Gasteiger partial charge in [-0.2, -0.15) is 31.4 Å². The first kappa shape index (κ1) is 18.2. The number of hydrogen-bond acceptors (Lipinski definition) is 2. The number of nitrogens with zero attached hydrogens (tertiary/aromatic N) is 2. The molecule has 126 valence electrons. The van der Waals surface area contributed by atoms with E-state index in [1.165, 1.54) is 18.2 Å². The monoisotopic (exact) mass is 418 g/mol. The van der Waals surface area contributed by atoms with Crippen LogP contribution in [-0.2, 0) is 13.2 Å². The molecule has 2 nitrogen and oxygen atoms in total. The number of benzene rings is 1. The summed E-state index contributed by atoms with van der Waals surface area (Å²) in [6, 6.07) is 5.21. The Morgan fingerprint density at radius 1 is 1.13 bits per heavy atom. The Kier molecular flexibility index (Phi) is 5.05. The number of thioether (sulfide) groups is 1. The summed E-state index contributed by atoms with van der Waals surface area (Å²) in [5.74, 6) is -1.09. The number of rotatable bonds is 3. The van der Waals surface area contributed by atoms with Gasteiger partial charge in [0, 0.05) is 22.0 Å². The van der Waals surface area contributed by atoms with Gasteiger partial charge >= 0.3 is 12.4 Å². The van der Waals surface area contributed by atoms with E-state index in [0.29, 0.717) is 26.5 Å². The van der Waals surface area contributed by atoms with Crippen LogP contribution in [0.5, 0.6) is 0 Å². The van der Waals surface area contributed by atoms with Gasteiger partial charge in [-0.05, 0) is 34.1 Å². The Morgan fingerprint density at radius 3 is 2.30 bits per heavy atom. The molecule has 0 unspecified atom stereocenters. The Balaban J connectivity index is 2.34. The molecule has 0 aliphatic carbocycles. The van der Waals surface area contributed by atoms with Crippen LogP contribution in [0.1, 0.15) is 5.69 Å². The summed E-state index contributed by atoms with van der Waals surface area (Å²) >= 11 is 3.68. The van der Waals surface area contributed by atoms with Crippen molar-refractivity contribution in [1.82, 2.24) is 9.78 Å². The Labute approximate surface area is 140 Å². The number of hydrogen-bond donors (Lipinski definition) is 0. The second-order valence-electron chi connectivity index (χ2n) is 4.59. The summed E-state index contributed by atoms with van der Waals surface area (Å²) in [5.41, 5.74) is -0.579. The van der Waals surface area contributed by atoms with Crippen LogP contribution < -0.4 is 0 Å². The molecule has 0 N–H and O–H groups in total. The molecule has 1 heterocycles. The standard InChI is InChI=1S/C13H9BrF6N2S/c1-22-11(13(18,19)20)5-9(21-22)7-2-3-8(14)10(4-7)23-6-12(15,16)17/h2-5H,6H2,1H3. The van der Waals surface area contributed by atoms with Crippen LogP contribution in [0.15, 0.2) is 33.6 Å². The first-order valence-corrected chi connectivity index (χ1v) is 7.86. The third-order valence-electron chi connectivity index (χ3n) is 2.79. The van der Waals surface area contributed by atoms with Gasteiger partial charge in [0.05, 0.1) is 11.4 Å². The van der Waals surface area contributed by atoms with Gasteiger partial charge in [-0.1, -0.05) is 6.07 Å². The fourth-order valence-corrected chi connectivity index (χ4v) is 3.13. The smallest absolute Gasteiger partial charge is 0.263 e. The van der Waals surface area contributed by atoms with Crippen LogP contribution >= 0.6 is 27.7 Å². The molecule has 2 rings (SSSR count).